The average Bonchev–Trinajstić information content (AvgIpc) is 2.52. The highest BCUT2D eigenvalue weighted by molar-refractivity contribution is 5.94. The molecule has 1 aliphatic heterocycles. The fraction of sp³-hybridized carbons (Fsp3) is 0.647. The molecule has 4 nitrogen and oxygen atoms in total. The number of allylic oxidation sites excluding steroid dienone is 2. The number of carbonyl (C=O) groups is 2. The molecule has 0 aromatic carbocycles. The smallest absolute Gasteiger partial charge is 0.249 e. The highest BCUT2D eigenvalue weighted by atomic mass is 16.1. The van der Waals surface area contributed by atoms with Gasteiger partial charge in [-0.1, -0.05) is 25.3 Å². The zero-order chi connectivity index (χ0) is 15.1. The number of ketones is 1. The van der Waals surface area contributed by atoms with Gasteiger partial charge in [0.2, 0.25) is 5.91 Å². The number of Topliss-reactive ketones (excluding diaryl/α,β-unsaturated/α-hetero) is 1. The van der Waals surface area contributed by atoms with Crippen LogP contribution in [0.15, 0.2) is 23.5 Å². The number of hydrogen-bond acceptors (Lipinski definition) is 3. The van der Waals surface area contributed by atoms with Crippen LogP contribution < -0.4 is 10.6 Å². The Labute approximate surface area is 127 Å². The Morgan fingerprint density at radius 3 is 2.76 bits per heavy atom. The number of dihydropyridines is 1. The molecule has 0 spiro atoms. The van der Waals surface area contributed by atoms with E-state index in [-0.39, 0.29) is 11.8 Å². The predicted octanol–water partition coefficient (Wildman–Crippen LogP) is 2.81. The molecule has 0 saturated heterocycles. The molecular weight excluding hydrogens is 264 g/mol. The van der Waals surface area contributed by atoms with Crippen molar-refractivity contribution in [1.29, 1.82) is 0 Å². The molecule has 2 aliphatic rings. The molecule has 0 radical (unpaired) electrons. The molecule has 1 heterocycles. The maximum absolute atomic E-state index is 12.1. The summed E-state index contributed by atoms with van der Waals surface area (Å²) in [6.07, 6.45) is 11.6. The Kier molecular flexibility index (Phi) is 6.03. The van der Waals surface area contributed by atoms with Gasteiger partial charge in [-0.05, 0) is 38.8 Å². The lowest BCUT2D eigenvalue weighted by Crippen LogP contribution is -2.29. The van der Waals surface area contributed by atoms with Crippen molar-refractivity contribution in [2.45, 2.75) is 58.3 Å². The second kappa shape index (κ2) is 8.01. The average molecular weight is 290 g/mol. The maximum Gasteiger partial charge on any atom is 0.249 e. The highest BCUT2D eigenvalue weighted by Crippen LogP contribution is 2.25. The molecule has 2 N–H and O–H groups in total. The van der Waals surface area contributed by atoms with E-state index >= 15 is 0 Å². The van der Waals surface area contributed by atoms with Crippen molar-refractivity contribution in [1.82, 2.24) is 10.6 Å². The van der Waals surface area contributed by atoms with Crippen LogP contribution in [0.4, 0.5) is 0 Å². The highest BCUT2D eigenvalue weighted by Gasteiger charge is 2.20. The Morgan fingerprint density at radius 1 is 1.29 bits per heavy atom. The second-order valence-electron chi connectivity index (χ2n) is 6.02. The van der Waals surface area contributed by atoms with Gasteiger partial charge in [-0.15, -0.1) is 0 Å². The minimum absolute atomic E-state index is 0.0190. The SMILES string of the molecule is CC1=C(C(=O)NCCCC(=O)C2CCCCC2)CC=CN1. The van der Waals surface area contributed by atoms with Crippen LogP contribution in [0.5, 0.6) is 0 Å². The monoisotopic (exact) mass is 290 g/mol. The molecule has 21 heavy (non-hydrogen) atoms. The van der Waals surface area contributed by atoms with E-state index < -0.39 is 0 Å². The van der Waals surface area contributed by atoms with Gasteiger partial charge in [0.05, 0.1) is 0 Å². The van der Waals surface area contributed by atoms with Crippen LogP contribution in [-0.2, 0) is 9.59 Å². The summed E-state index contributed by atoms with van der Waals surface area (Å²) in [6.45, 7) is 2.49. The van der Waals surface area contributed by atoms with Gasteiger partial charge in [-0.2, -0.15) is 0 Å². The summed E-state index contributed by atoms with van der Waals surface area (Å²) < 4.78 is 0. The summed E-state index contributed by atoms with van der Waals surface area (Å²) in [5.74, 6) is 0.656. The minimum Gasteiger partial charge on any atom is -0.365 e. The molecule has 0 aromatic rings. The lowest BCUT2D eigenvalue weighted by atomic mass is 9.85. The fourth-order valence-corrected chi connectivity index (χ4v) is 3.06. The third-order valence-corrected chi connectivity index (χ3v) is 4.41. The first kappa shape index (κ1) is 15.8. The largest absolute Gasteiger partial charge is 0.365 e. The van der Waals surface area contributed by atoms with Gasteiger partial charge < -0.3 is 10.6 Å². The summed E-state index contributed by atoms with van der Waals surface area (Å²) in [5, 5.41) is 5.97. The molecule has 0 unspecified atom stereocenters. The Morgan fingerprint density at radius 2 is 2.05 bits per heavy atom. The zero-order valence-corrected chi connectivity index (χ0v) is 12.9. The minimum atomic E-state index is -0.0190. The van der Waals surface area contributed by atoms with Gasteiger partial charge in [-0.25, -0.2) is 0 Å². The normalized spacial score (nSPS) is 19.3. The summed E-state index contributed by atoms with van der Waals surface area (Å²) in [7, 11) is 0. The summed E-state index contributed by atoms with van der Waals surface area (Å²) in [6, 6.07) is 0. The van der Waals surface area contributed by atoms with Crippen LogP contribution in [-0.4, -0.2) is 18.2 Å². The van der Waals surface area contributed by atoms with Gasteiger partial charge in [0.25, 0.3) is 0 Å². The van der Waals surface area contributed by atoms with Crippen molar-refractivity contribution in [2.24, 2.45) is 5.92 Å². The molecule has 1 aliphatic carbocycles. The first-order valence-corrected chi connectivity index (χ1v) is 8.10. The van der Waals surface area contributed by atoms with Gasteiger partial charge in [0, 0.05) is 30.2 Å². The Hall–Kier alpha value is -1.58. The molecule has 0 atom stereocenters. The van der Waals surface area contributed by atoms with E-state index in [1.54, 1.807) is 0 Å². The number of rotatable bonds is 6. The van der Waals surface area contributed by atoms with Gasteiger partial charge in [0.15, 0.2) is 0 Å². The van der Waals surface area contributed by atoms with Crippen LogP contribution in [0, 0.1) is 5.92 Å². The van der Waals surface area contributed by atoms with E-state index in [9.17, 15) is 9.59 Å². The molecular formula is C17H26N2O2. The van der Waals surface area contributed by atoms with Crippen molar-refractivity contribution in [3.63, 3.8) is 0 Å². The zero-order valence-electron chi connectivity index (χ0n) is 12.9. The lowest BCUT2D eigenvalue weighted by molar-refractivity contribution is -0.124. The Bertz CT molecular complexity index is 446. The summed E-state index contributed by atoms with van der Waals surface area (Å²) in [5.41, 5.74) is 1.70. The number of hydrogen-bond donors (Lipinski definition) is 2. The Balaban J connectivity index is 1.65. The fourth-order valence-electron chi connectivity index (χ4n) is 3.06. The van der Waals surface area contributed by atoms with E-state index in [4.69, 9.17) is 0 Å². The summed E-state index contributed by atoms with van der Waals surface area (Å²) >= 11 is 0. The van der Waals surface area contributed by atoms with Crippen LogP contribution in [0.1, 0.15) is 58.3 Å². The van der Waals surface area contributed by atoms with Crippen LogP contribution in [0.3, 0.4) is 0 Å². The van der Waals surface area contributed by atoms with E-state index in [1.807, 2.05) is 19.2 Å². The van der Waals surface area contributed by atoms with Crippen molar-refractivity contribution in [2.75, 3.05) is 6.54 Å². The first-order chi connectivity index (χ1) is 10.2. The van der Waals surface area contributed by atoms with E-state index in [0.717, 1.165) is 30.5 Å². The van der Waals surface area contributed by atoms with Crippen LogP contribution in [0.25, 0.3) is 0 Å². The molecule has 116 valence electrons. The quantitative estimate of drug-likeness (QED) is 0.740. The molecule has 1 fully saturated rings. The maximum atomic E-state index is 12.1. The molecule has 0 aromatic heterocycles. The second-order valence-corrected chi connectivity index (χ2v) is 6.02. The first-order valence-electron chi connectivity index (χ1n) is 8.10. The van der Waals surface area contributed by atoms with E-state index in [0.29, 0.717) is 25.2 Å². The third kappa shape index (κ3) is 4.73. The topological polar surface area (TPSA) is 58.2 Å². The van der Waals surface area contributed by atoms with E-state index in [2.05, 4.69) is 10.6 Å². The molecule has 2 rings (SSSR count). The number of amides is 1. The predicted molar refractivity (Wildman–Crippen MR) is 83.4 cm³/mol. The van der Waals surface area contributed by atoms with Crippen LogP contribution >= 0.6 is 0 Å². The van der Waals surface area contributed by atoms with Gasteiger partial charge in [0.1, 0.15) is 5.78 Å². The van der Waals surface area contributed by atoms with Gasteiger partial charge >= 0.3 is 0 Å². The van der Waals surface area contributed by atoms with Crippen molar-refractivity contribution < 1.29 is 9.59 Å². The molecule has 4 heteroatoms. The summed E-state index contributed by atoms with van der Waals surface area (Å²) in [4.78, 5) is 24.1. The van der Waals surface area contributed by atoms with Crippen LogP contribution in [0.2, 0.25) is 0 Å². The number of nitrogens with one attached hydrogen (secondary N) is 2. The third-order valence-electron chi connectivity index (χ3n) is 4.41. The molecule has 0 bridgehead atoms. The number of carbonyl (C=O) groups excluding carboxylic acids is 2. The van der Waals surface area contributed by atoms with Crippen molar-refractivity contribution in [3.05, 3.63) is 23.5 Å². The molecule has 1 saturated carbocycles. The standard InChI is InChI=1S/C17H26N2O2/c1-13-15(9-5-11-18-13)17(21)19-12-6-10-16(20)14-7-3-2-4-8-14/h5,11,14,18H,2-4,6-10,12H2,1H3,(H,19,21). The van der Waals surface area contributed by atoms with E-state index in [1.165, 1.54) is 19.3 Å². The van der Waals surface area contributed by atoms with Gasteiger partial charge in [-0.3, -0.25) is 9.59 Å². The van der Waals surface area contributed by atoms with Crippen molar-refractivity contribution in [3.8, 4) is 0 Å². The molecule has 1 amide bonds. The lowest BCUT2D eigenvalue weighted by Gasteiger charge is -2.20. The van der Waals surface area contributed by atoms with Crippen molar-refractivity contribution >= 4 is 11.7 Å².